The molecule has 8 aromatic rings. The summed E-state index contributed by atoms with van der Waals surface area (Å²) in [5.74, 6) is 2.12. The molecule has 1 aromatic heterocycles. The Labute approximate surface area is 325 Å². The molecule has 0 unspecified atom stereocenters. The number of nitrogens with zero attached hydrogens (tertiary/aromatic N) is 4. The third-order valence-electron chi connectivity index (χ3n) is 11.6. The Morgan fingerprint density at radius 2 is 1.20 bits per heavy atom. The van der Waals surface area contributed by atoms with Crippen LogP contribution in [0, 0.1) is 11.3 Å². The van der Waals surface area contributed by atoms with Crippen molar-refractivity contribution in [3.8, 4) is 62.2 Å². The van der Waals surface area contributed by atoms with Crippen LogP contribution in [0.4, 0.5) is 0 Å². The Morgan fingerprint density at radius 1 is 0.500 bits per heavy atom. The van der Waals surface area contributed by atoms with Crippen molar-refractivity contribution in [3.05, 3.63) is 186 Å². The minimum absolute atomic E-state index is 0.662. The summed E-state index contributed by atoms with van der Waals surface area (Å²) in [5.41, 5.74) is 16.3. The molecule has 3 aliphatic carbocycles. The molecule has 7 aromatic carbocycles. The second-order valence-electron chi connectivity index (χ2n) is 14.8. The Morgan fingerprint density at radius 3 is 1.96 bits per heavy atom. The predicted octanol–water partition coefficient (Wildman–Crippen LogP) is 12.8. The van der Waals surface area contributed by atoms with Gasteiger partial charge >= 0.3 is 0 Å². The fourth-order valence-corrected chi connectivity index (χ4v) is 8.99. The lowest BCUT2D eigenvalue weighted by atomic mass is 9.81. The van der Waals surface area contributed by atoms with Crippen LogP contribution in [0.3, 0.4) is 0 Å². The molecule has 0 saturated heterocycles. The standard InChI is InChI=1S/C52H34N4/c53-31-32-21-23-33(24-22-32)38-25-26-42-39-17-7-8-18-40(39)43-27-28-44(48(38)49(42)43)41-19-9-15-36-30-47-37(29-46(36)41)16-10-20-45(47)52-55-50(34-11-3-1-4-12-34)54-51(56-52)35-13-5-2-6-14-35/h1-5,7-8,10-13,16-30H,6,9,14-15H2. The van der Waals surface area contributed by atoms with Crippen LogP contribution >= 0.6 is 0 Å². The minimum Gasteiger partial charge on any atom is -0.209 e. The van der Waals surface area contributed by atoms with Crippen molar-refractivity contribution >= 4 is 32.7 Å². The normalized spacial score (nSPS) is 13.9. The summed E-state index contributed by atoms with van der Waals surface area (Å²) in [6.45, 7) is 0. The van der Waals surface area contributed by atoms with Crippen LogP contribution in [0.1, 0.15) is 47.3 Å². The zero-order valence-corrected chi connectivity index (χ0v) is 30.6. The van der Waals surface area contributed by atoms with Gasteiger partial charge in [-0.25, -0.2) is 15.0 Å². The third-order valence-corrected chi connectivity index (χ3v) is 11.6. The lowest BCUT2D eigenvalue weighted by Gasteiger charge is -2.23. The molecule has 0 N–H and O–H groups in total. The summed E-state index contributed by atoms with van der Waals surface area (Å²) < 4.78 is 0. The predicted molar refractivity (Wildman–Crippen MR) is 228 cm³/mol. The van der Waals surface area contributed by atoms with Crippen LogP contribution in [-0.2, 0) is 6.42 Å². The molecule has 1 heterocycles. The van der Waals surface area contributed by atoms with Gasteiger partial charge in [0.05, 0.1) is 11.6 Å². The van der Waals surface area contributed by atoms with Crippen molar-refractivity contribution in [1.29, 1.82) is 5.26 Å². The highest BCUT2D eigenvalue weighted by Crippen LogP contribution is 2.52. The van der Waals surface area contributed by atoms with Gasteiger partial charge in [0, 0.05) is 11.1 Å². The largest absolute Gasteiger partial charge is 0.209 e. The van der Waals surface area contributed by atoms with E-state index >= 15 is 0 Å². The van der Waals surface area contributed by atoms with E-state index in [1.165, 1.54) is 60.9 Å². The summed E-state index contributed by atoms with van der Waals surface area (Å²) in [6, 6.07) is 49.8. The molecule has 0 amide bonds. The van der Waals surface area contributed by atoms with Crippen molar-refractivity contribution in [2.45, 2.75) is 25.7 Å². The van der Waals surface area contributed by atoms with E-state index in [1.54, 1.807) is 0 Å². The second kappa shape index (κ2) is 13.0. The Kier molecular flexibility index (Phi) is 7.47. The molecular weight excluding hydrogens is 681 g/mol. The molecule has 0 spiro atoms. The second-order valence-corrected chi connectivity index (χ2v) is 14.8. The average molecular weight is 715 g/mol. The van der Waals surface area contributed by atoms with Crippen molar-refractivity contribution in [2.75, 3.05) is 0 Å². The monoisotopic (exact) mass is 714 g/mol. The lowest BCUT2D eigenvalue weighted by Crippen LogP contribution is -2.05. The van der Waals surface area contributed by atoms with Gasteiger partial charge in [0.2, 0.25) is 0 Å². The molecule has 0 atom stereocenters. The van der Waals surface area contributed by atoms with Gasteiger partial charge in [-0.05, 0) is 133 Å². The van der Waals surface area contributed by atoms with E-state index in [-0.39, 0.29) is 0 Å². The Bertz CT molecular complexity index is 3040. The SMILES string of the molecule is N#Cc1ccc(-c2ccc3c4c(ccc(C5=CCCc6cc7c(-c8nc(C9=CC=CCC9)nc(-c9ccccc9)n8)cccc7cc65)c24)-c2ccccc2-3)cc1. The van der Waals surface area contributed by atoms with Crippen LogP contribution in [-0.4, -0.2) is 15.0 Å². The van der Waals surface area contributed by atoms with Crippen molar-refractivity contribution < 1.29 is 0 Å². The molecular formula is C52H34N4. The maximum absolute atomic E-state index is 9.57. The van der Waals surface area contributed by atoms with E-state index < -0.39 is 0 Å². The zero-order chi connectivity index (χ0) is 37.2. The number of benzene rings is 7. The molecule has 262 valence electrons. The van der Waals surface area contributed by atoms with E-state index in [2.05, 4.69) is 134 Å². The number of allylic oxidation sites excluding steroid dienone is 5. The Hall–Kier alpha value is -7.22. The number of aromatic nitrogens is 3. The maximum atomic E-state index is 9.57. The summed E-state index contributed by atoms with van der Waals surface area (Å²) in [4.78, 5) is 15.3. The number of nitriles is 1. The van der Waals surface area contributed by atoms with Crippen LogP contribution in [0.2, 0.25) is 0 Å². The Balaban J connectivity index is 1.10. The van der Waals surface area contributed by atoms with E-state index in [9.17, 15) is 5.26 Å². The molecule has 56 heavy (non-hydrogen) atoms. The maximum Gasteiger partial charge on any atom is 0.164 e. The zero-order valence-electron chi connectivity index (χ0n) is 30.6. The van der Waals surface area contributed by atoms with Gasteiger partial charge in [-0.15, -0.1) is 0 Å². The van der Waals surface area contributed by atoms with Gasteiger partial charge in [0.1, 0.15) is 0 Å². The van der Waals surface area contributed by atoms with E-state index in [0.717, 1.165) is 64.5 Å². The first kappa shape index (κ1) is 32.2. The highest BCUT2D eigenvalue weighted by molar-refractivity contribution is 6.22. The smallest absolute Gasteiger partial charge is 0.164 e. The molecule has 3 aliphatic rings. The van der Waals surface area contributed by atoms with Crippen LogP contribution in [0.5, 0.6) is 0 Å². The highest BCUT2D eigenvalue weighted by atomic mass is 15.0. The van der Waals surface area contributed by atoms with Gasteiger partial charge in [-0.2, -0.15) is 5.26 Å². The number of aryl methyl sites for hydroxylation is 1. The van der Waals surface area contributed by atoms with Crippen molar-refractivity contribution in [3.63, 3.8) is 0 Å². The number of hydrogen-bond donors (Lipinski definition) is 0. The van der Waals surface area contributed by atoms with Gasteiger partial charge in [-0.3, -0.25) is 0 Å². The first-order valence-corrected chi connectivity index (χ1v) is 19.4. The molecule has 0 radical (unpaired) electrons. The summed E-state index contributed by atoms with van der Waals surface area (Å²) >= 11 is 0. The molecule has 4 heteroatoms. The molecule has 0 bridgehead atoms. The fraction of sp³-hybridized carbons (Fsp3) is 0.0769. The first-order chi connectivity index (χ1) is 27.7. The average Bonchev–Trinajstić information content (AvgIpc) is 3.60. The molecule has 0 fully saturated rings. The van der Waals surface area contributed by atoms with E-state index in [4.69, 9.17) is 15.0 Å². The third kappa shape index (κ3) is 5.16. The van der Waals surface area contributed by atoms with Crippen molar-refractivity contribution in [1.82, 2.24) is 15.0 Å². The first-order valence-electron chi connectivity index (χ1n) is 19.4. The molecule has 4 nitrogen and oxygen atoms in total. The molecule has 11 rings (SSSR count). The lowest BCUT2D eigenvalue weighted by molar-refractivity contribution is 0.977. The van der Waals surface area contributed by atoms with Gasteiger partial charge in [-0.1, -0.05) is 133 Å². The summed E-state index contributed by atoms with van der Waals surface area (Å²) in [6.07, 6.45) is 12.6. The molecule has 0 aliphatic heterocycles. The van der Waals surface area contributed by atoms with Gasteiger partial charge in [0.15, 0.2) is 17.5 Å². The molecule has 0 saturated carbocycles. The van der Waals surface area contributed by atoms with Crippen LogP contribution < -0.4 is 0 Å². The number of hydrogen-bond acceptors (Lipinski definition) is 4. The minimum atomic E-state index is 0.662. The van der Waals surface area contributed by atoms with E-state index in [0.29, 0.717) is 17.2 Å². The van der Waals surface area contributed by atoms with Crippen LogP contribution in [0.15, 0.2) is 158 Å². The number of rotatable bonds is 5. The fourth-order valence-electron chi connectivity index (χ4n) is 8.99. The topological polar surface area (TPSA) is 62.5 Å². The van der Waals surface area contributed by atoms with E-state index in [1.807, 2.05) is 30.3 Å². The quantitative estimate of drug-likeness (QED) is 0.178. The highest BCUT2D eigenvalue weighted by Gasteiger charge is 2.27. The van der Waals surface area contributed by atoms with Crippen molar-refractivity contribution in [2.24, 2.45) is 0 Å². The van der Waals surface area contributed by atoms with Gasteiger partial charge < -0.3 is 0 Å². The van der Waals surface area contributed by atoms with Crippen LogP contribution in [0.25, 0.3) is 88.8 Å². The summed E-state index contributed by atoms with van der Waals surface area (Å²) in [7, 11) is 0. The number of fused-ring (bicyclic) bond motifs is 5. The summed E-state index contributed by atoms with van der Waals surface area (Å²) in [5, 5.41) is 14.4. The van der Waals surface area contributed by atoms with Gasteiger partial charge in [0.25, 0.3) is 0 Å².